The van der Waals surface area contributed by atoms with E-state index < -0.39 is 5.79 Å². The molecule has 0 bridgehead atoms. The average molecular weight is 258 g/mol. The molecule has 0 atom stereocenters. The summed E-state index contributed by atoms with van der Waals surface area (Å²) < 4.78 is 5.56. The van der Waals surface area contributed by atoms with Crippen molar-refractivity contribution in [3.63, 3.8) is 0 Å². The second-order valence-corrected chi connectivity index (χ2v) is 7.34. The van der Waals surface area contributed by atoms with Crippen LogP contribution in [0.3, 0.4) is 0 Å². The summed E-state index contributed by atoms with van der Waals surface area (Å²) in [6.45, 7) is 10.8. The van der Waals surface area contributed by atoms with E-state index in [9.17, 15) is 0 Å². The molecule has 3 nitrogen and oxygen atoms in total. The third-order valence-electron chi connectivity index (χ3n) is 3.36. The molecule has 0 aliphatic heterocycles. The number of methoxy groups -OCH3 is 1. The lowest BCUT2D eigenvalue weighted by Crippen LogP contribution is -2.41. The van der Waals surface area contributed by atoms with Gasteiger partial charge in [-0.3, -0.25) is 0 Å². The summed E-state index contributed by atoms with van der Waals surface area (Å²) >= 11 is 0. The molecule has 1 rings (SSSR count). The lowest BCUT2D eigenvalue weighted by molar-refractivity contribution is -0.465. The molecule has 0 N–H and O–H groups in total. The third kappa shape index (κ3) is 5.25. The molecule has 1 fully saturated rings. The monoisotopic (exact) mass is 258 g/mol. The summed E-state index contributed by atoms with van der Waals surface area (Å²) in [5.41, 5.74) is -0.0686. The number of rotatable bonds is 5. The predicted molar refractivity (Wildman–Crippen MR) is 73.1 cm³/mol. The smallest absolute Gasteiger partial charge is 0.201 e. The topological polar surface area (TPSA) is 27.7 Å². The summed E-state index contributed by atoms with van der Waals surface area (Å²) in [5.74, 6) is -0.520. The third-order valence-corrected chi connectivity index (χ3v) is 3.36. The average Bonchev–Trinajstić information content (AvgIpc) is 2.25. The van der Waals surface area contributed by atoms with Gasteiger partial charge in [0.2, 0.25) is 5.79 Å². The van der Waals surface area contributed by atoms with Crippen LogP contribution in [0.25, 0.3) is 0 Å². The Balaban J connectivity index is 2.51. The van der Waals surface area contributed by atoms with Crippen molar-refractivity contribution in [1.82, 2.24) is 0 Å². The maximum atomic E-state index is 5.71. The zero-order valence-electron chi connectivity index (χ0n) is 13.0. The van der Waals surface area contributed by atoms with Gasteiger partial charge in [0, 0.05) is 20.0 Å². The molecule has 1 aliphatic carbocycles. The van der Waals surface area contributed by atoms with Gasteiger partial charge in [-0.15, -0.1) is 0 Å². The van der Waals surface area contributed by atoms with Gasteiger partial charge in [-0.05, 0) is 38.5 Å². The van der Waals surface area contributed by atoms with Gasteiger partial charge >= 0.3 is 0 Å². The van der Waals surface area contributed by atoms with E-state index in [0.717, 1.165) is 32.1 Å². The summed E-state index contributed by atoms with van der Waals surface area (Å²) in [4.78, 5) is 11.4. The first kappa shape index (κ1) is 15.9. The Morgan fingerprint density at radius 1 is 0.944 bits per heavy atom. The molecule has 18 heavy (non-hydrogen) atoms. The van der Waals surface area contributed by atoms with E-state index in [2.05, 4.69) is 34.6 Å². The Morgan fingerprint density at radius 2 is 1.50 bits per heavy atom. The van der Waals surface area contributed by atoms with Gasteiger partial charge in [-0.2, -0.15) is 0 Å². The molecule has 0 aromatic carbocycles. The molecule has 108 valence electrons. The second kappa shape index (κ2) is 5.89. The standard InChI is InChI=1S/C15H30O3/c1-13(2,3)12-14(4,5)17-18-15(16-6)10-8-7-9-11-15/h7-12H2,1-6H3. The molecule has 3 heteroatoms. The van der Waals surface area contributed by atoms with Crippen molar-refractivity contribution < 1.29 is 14.5 Å². The molecule has 0 spiro atoms. The van der Waals surface area contributed by atoms with Crippen LogP contribution in [-0.2, 0) is 14.5 Å². The highest BCUT2D eigenvalue weighted by molar-refractivity contribution is 4.77. The molecule has 0 heterocycles. The highest BCUT2D eigenvalue weighted by Gasteiger charge is 2.37. The zero-order valence-corrected chi connectivity index (χ0v) is 13.0. The summed E-state index contributed by atoms with van der Waals surface area (Å²) in [7, 11) is 1.71. The highest BCUT2D eigenvalue weighted by Crippen LogP contribution is 2.36. The summed E-state index contributed by atoms with van der Waals surface area (Å²) in [6, 6.07) is 0. The van der Waals surface area contributed by atoms with E-state index >= 15 is 0 Å². The van der Waals surface area contributed by atoms with Crippen molar-refractivity contribution in [3.05, 3.63) is 0 Å². The fraction of sp³-hybridized carbons (Fsp3) is 1.00. The van der Waals surface area contributed by atoms with Crippen molar-refractivity contribution in [2.45, 2.75) is 84.5 Å². The Kier molecular flexibility index (Phi) is 5.22. The molecule has 0 amide bonds. The molecule has 1 saturated carbocycles. The minimum absolute atomic E-state index is 0.222. The summed E-state index contributed by atoms with van der Waals surface area (Å²) in [5, 5.41) is 0. The van der Waals surface area contributed by atoms with Crippen LogP contribution in [0, 0.1) is 5.41 Å². The van der Waals surface area contributed by atoms with E-state index in [1.165, 1.54) is 6.42 Å². The van der Waals surface area contributed by atoms with E-state index in [1.54, 1.807) is 7.11 Å². The Morgan fingerprint density at radius 3 is 1.94 bits per heavy atom. The molecule has 0 aromatic heterocycles. The summed E-state index contributed by atoms with van der Waals surface area (Å²) in [6.07, 6.45) is 6.36. The van der Waals surface area contributed by atoms with Crippen molar-refractivity contribution in [1.29, 1.82) is 0 Å². The molecule has 0 saturated heterocycles. The van der Waals surface area contributed by atoms with Gasteiger partial charge in [0.15, 0.2) is 0 Å². The van der Waals surface area contributed by atoms with Gasteiger partial charge in [0.1, 0.15) is 0 Å². The molecule has 0 unspecified atom stereocenters. The zero-order chi connectivity index (χ0) is 13.9. The van der Waals surface area contributed by atoms with Crippen LogP contribution >= 0.6 is 0 Å². The van der Waals surface area contributed by atoms with Crippen LogP contribution in [-0.4, -0.2) is 18.5 Å². The van der Waals surface area contributed by atoms with E-state index in [4.69, 9.17) is 14.5 Å². The van der Waals surface area contributed by atoms with Crippen LogP contribution in [0.1, 0.15) is 73.1 Å². The molecular weight excluding hydrogens is 228 g/mol. The van der Waals surface area contributed by atoms with Crippen molar-refractivity contribution >= 4 is 0 Å². The predicted octanol–water partition coefficient (Wildman–Crippen LogP) is 4.46. The molecule has 0 radical (unpaired) electrons. The Bertz CT molecular complexity index is 247. The lowest BCUT2D eigenvalue weighted by Gasteiger charge is -2.38. The van der Waals surface area contributed by atoms with E-state index in [0.29, 0.717) is 0 Å². The van der Waals surface area contributed by atoms with Crippen LogP contribution in [0.15, 0.2) is 0 Å². The van der Waals surface area contributed by atoms with Crippen LogP contribution in [0.2, 0.25) is 0 Å². The number of ether oxygens (including phenoxy) is 1. The first-order valence-electron chi connectivity index (χ1n) is 7.10. The minimum Gasteiger partial charge on any atom is -0.351 e. The van der Waals surface area contributed by atoms with Gasteiger partial charge < -0.3 is 4.74 Å². The first-order valence-corrected chi connectivity index (χ1v) is 7.10. The highest BCUT2D eigenvalue weighted by atomic mass is 17.2. The SMILES string of the molecule is COC1(OOC(C)(C)CC(C)(C)C)CCCCC1. The van der Waals surface area contributed by atoms with E-state index in [-0.39, 0.29) is 11.0 Å². The maximum absolute atomic E-state index is 5.71. The van der Waals surface area contributed by atoms with E-state index in [1.807, 2.05) is 0 Å². The molecule has 1 aliphatic rings. The number of hydrogen-bond donors (Lipinski definition) is 0. The van der Waals surface area contributed by atoms with Gasteiger partial charge in [-0.25, -0.2) is 9.78 Å². The lowest BCUT2D eigenvalue weighted by atomic mass is 9.84. The maximum Gasteiger partial charge on any atom is 0.201 e. The number of hydrogen-bond acceptors (Lipinski definition) is 3. The van der Waals surface area contributed by atoms with Gasteiger partial charge in [-0.1, -0.05) is 27.2 Å². The quantitative estimate of drug-likeness (QED) is 0.414. The second-order valence-electron chi connectivity index (χ2n) is 7.34. The fourth-order valence-electron chi connectivity index (χ4n) is 2.91. The van der Waals surface area contributed by atoms with Crippen LogP contribution in [0.4, 0.5) is 0 Å². The van der Waals surface area contributed by atoms with Gasteiger partial charge in [0.25, 0.3) is 0 Å². The van der Waals surface area contributed by atoms with Crippen molar-refractivity contribution in [3.8, 4) is 0 Å². The minimum atomic E-state index is -0.520. The molecular formula is C15H30O3. The van der Waals surface area contributed by atoms with Crippen LogP contribution in [0.5, 0.6) is 0 Å². The fourth-order valence-corrected chi connectivity index (χ4v) is 2.91. The van der Waals surface area contributed by atoms with Crippen LogP contribution < -0.4 is 0 Å². The molecule has 0 aromatic rings. The first-order chi connectivity index (χ1) is 8.18. The normalized spacial score (nSPS) is 21.0. The van der Waals surface area contributed by atoms with Crippen molar-refractivity contribution in [2.75, 3.05) is 7.11 Å². The van der Waals surface area contributed by atoms with Gasteiger partial charge in [0.05, 0.1) is 5.60 Å². The Hall–Kier alpha value is -0.120. The van der Waals surface area contributed by atoms with Crippen molar-refractivity contribution in [2.24, 2.45) is 5.41 Å². The Labute approximate surface area is 112 Å². The largest absolute Gasteiger partial charge is 0.351 e.